The van der Waals surface area contributed by atoms with Gasteiger partial charge < -0.3 is 14.2 Å². The number of hydrogen-bond donors (Lipinski definition) is 0. The topological polar surface area (TPSA) is 27.7 Å². The molecule has 3 nitrogen and oxygen atoms in total. The monoisotopic (exact) mass is 478 g/mol. The Morgan fingerprint density at radius 1 is 1.09 bits per heavy atom. The second-order valence-corrected chi connectivity index (χ2v) is 8.69. The van der Waals surface area contributed by atoms with Crippen molar-refractivity contribution in [3.8, 4) is 11.5 Å². The van der Waals surface area contributed by atoms with Crippen molar-refractivity contribution >= 4 is 0 Å². The van der Waals surface area contributed by atoms with Gasteiger partial charge in [0, 0.05) is 12.7 Å². The van der Waals surface area contributed by atoms with Crippen LogP contribution in [0.25, 0.3) is 0 Å². The molecule has 3 rings (SSSR count). The van der Waals surface area contributed by atoms with Crippen LogP contribution in [0.4, 0.5) is 26.3 Å². The maximum atomic E-state index is 14.7. The van der Waals surface area contributed by atoms with Gasteiger partial charge in [-0.2, -0.15) is 22.0 Å². The predicted octanol–water partition coefficient (Wildman–Crippen LogP) is 7.78. The second kappa shape index (κ2) is 11.3. The molecule has 0 aromatic heterocycles. The Hall–Kier alpha value is -2.16. The standard InChI is InChI=1S/C24H28F6O3/c1-2-3-4-15-5-11-20(31-14-15)16-6-8-17(9-7-16)24(29,30)33-18-10-12-21(19(25)13-18)32-23(28)22(26)27/h2,10,12-13,15-17,20H,1,3-9,11,14H2. The van der Waals surface area contributed by atoms with Crippen molar-refractivity contribution in [2.75, 3.05) is 6.61 Å². The van der Waals surface area contributed by atoms with E-state index in [2.05, 4.69) is 11.3 Å². The summed E-state index contributed by atoms with van der Waals surface area (Å²) in [4.78, 5) is 0. The highest BCUT2D eigenvalue weighted by molar-refractivity contribution is 5.34. The largest absolute Gasteiger partial charge is 0.432 e. The molecular formula is C24H28F6O3. The first-order valence-electron chi connectivity index (χ1n) is 11.2. The average molecular weight is 478 g/mol. The number of ether oxygens (including phenoxy) is 3. The third-order valence-corrected chi connectivity index (χ3v) is 6.46. The lowest BCUT2D eigenvalue weighted by atomic mass is 9.76. The number of halogens is 6. The van der Waals surface area contributed by atoms with Crippen LogP contribution in [0.3, 0.4) is 0 Å². The Kier molecular flexibility index (Phi) is 8.73. The minimum absolute atomic E-state index is 0.0886. The molecule has 1 saturated heterocycles. The Balaban J connectivity index is 1.50. The minimum Gasteiger partial charge on any atom is -0.432 e. The Morgan fingerprint density at radius 2 is 1.82 bits per heavy atom. The number of allylic oxidation sites excluding steroid dienone is 1. The van der Waals surface area contributed by atoms with Crippen LogP contribution >= 0.6 is 0 Å². The van der Waals surface area contributed by atoms with Gasteiger partial charge in [0.1, 0.15) is 5.75 Å². The van der Waals surface area contributed by atoms with E-state index in [-0.39, 0.29) is 24.9 Å². The zero-order valence-corrected chi connectivity index (χ0v) is 18.2. The summed E-state index contributed by atoms with van der Waals surface area (Å²) in [5, 5.41) is 0. The van der Waals surface area contributed by atoms with Crippen molar-refractivity contribution in [3.05, 3.63) is 48.8 Å². The molecule has 1 aromatic rings. The van der Waals surface area contributed by atoms with Crippen molar-refractivity contribution < 1.29 is 40.6 Å². The van der Waals surface area contributed by atoms with E-state index in [1.165, 1.54) is 0 Å². The highest BCUT2D eigenvalue weighted by Crippen LogP contribution is 2.43. The first kappa shape index (κ1) is 25.5. The third-order valence-electron chi connectivity index (χ3n) is 6.46. The van der Waals surface area contributed by atoms with Gasteiger partial charge in [-0.15, -0.1) is 6.58 Å². The van der Waals surface area contributed by atoms with E-state index in [0.717, 1.165) is 37.8 Å². The molecule has 0 spiro atoms. The average Bonchev–Trinajstić information content (AvgIpc) is 2.79. The summed E-state index contributed by atoms with van der Waals surface area (Å²) >= 11 is 0. The summed E-state index contributed by atoms with van der Waals surface area (Å²) in [5.74, 6) is -2.96. The van der Waals surface area contributed by atoms with Gasteiger partial charge in [-0.25, -0.2) is 4.39 Å². The predicted molar refractivity (Wildman–Crippen MR) is 110 cm³/mol. The third kappa shape index (κ3) is 6.91. The van der Waals surface area contributed by atoms with Gasteiger partial charge >= 0.3 is 18.2 Å². The number of hydrogen-bond acceptors (Lipinski definition) is 3. The fourth-order valence-electron chi connectivity index (χ4n) is 4.61. The molecular weight excluding hydrogens is 450 g/mol. The van der Waals surface area contributed by atoms with E-state index in [9.17, 15) is 26.3 Å². The molecule has 0 bridgehead atoms. The molecule has 1 heterocycles. The lowest BCUT2D eigenvalue weighted by Crippen LogP contribution is -2.40. The molecule has 2 aliphatic rings. The zero-order valence-electron chi connectivity index (χ0n) is 18.2. The SMILES string of the molecule is C=CCCC1CCC(C2CCC(C(F)(F)Oc3ccc(OC(F)=C(F)F)c(F)c3)CC2)OC1. The summed E-state index contributed by atoms with van der Waals surface area (Å²) < 4.78 is 95.1. The van der Waals surface area contributed by atoms with E-state index < -0.39 is 41.4 Å². The van der Waals surface area contributed by atoms with Gasteiger partial charge in [0.2, 0.25) is 0 Å². The molecule has 0 amide bonds. The van der Waals surface area contributed by atoms with Gasteiger partial charge in [0.05, 0.1) is 12.0 Å². The molecule has 0 N–H and O–H groups in total. The molecule has 1 aliphatic carbocycles. The molecule has 0 radical (unpaired) electrons. The highest BCUT2D eigenvalue weighted by atomic mass is 19.3. The molecule has 184 valence electrons. The van der Waals surface area contributed by atoms with Gasteiger partial charge in [0.15, 0.2) is 11.6 Å². The summed E-state index contributed by atoms with van der Waals surface area (Å²) in [6.07, 6.45) is 1.37. The number of benzene rings is 1. The van der Waals surface area contributed by atoms with Crippen LogP contribution in [0.15, 0.2) is 42.9 Å². The first-order chi connectivity index (χ1) is 15.7. The van der Waals surface area contributed by atoms with Crippen molar-refractivity contribution in [1.82, 2.24) is 0 Å². The molecule has 1 saturated carbocycles. The van der Waals surface area contributed by atoms with Gasteiger partial charge in [0.25, 0.3) is 0 Å². The van der Waals surface area contributed by atoms with Crippen molar-refractivity contribution in [2.45, 2.75) is 63.6 Å². The molecule has 1 aromatic carbocycles. The number of alkyl halides is 2. The van der Waals surface area contributed by atoms with Gasteiger partial charge in [-0.3, -0.25) is 0 Å². The maximum absolute atomic E-state index is 14.7. The van der Waals surface area contributed by atoms with Crippen LogP contribution in [0, 0.1) is 23.6 Å². The highest BCUT2D eigenvalue weighted by Gasteiger charge is 2.45. The molecule has 2 fully saturated rings. The van der Waals surface area contributed by atoms with Crippen molar-refractivity contribution in [3.63, 3.8) is 0 Å². The van der Waals surface area contributed by atoms with E-state index in [0.29, 0.717) is 31.4 Å². The van der Waals surface area contributed by atoms with E-state index in [1.807, 2.05) is 6.08 Å². The lowest BCUT2D eigenvalue weighted by Gasteiger charge is -2.39. The van der Waals surface area contributed by atoms with E-state index in [1.54, 1.807) is 0 Å². The van der Waals surface area contributed by atoms with Crippen LogP contribution in [0.2, 0.25) is 0 Å². The zero-order chi connectivity index (χ0) is 24.0. The summed E-state index contributed by atoms with van der Waals surface area (Å²) in [7, 11) is 0. The van der Waals surface area contributed by atoms with E-state index in [4.69, 9.17) is 9.47 Å². The van der Waals surface area contributed by atoms with Gasteiger partial charge in [-0.05, 0) is 75.3 Å². The number of rotatable bonds is 9. The van der Waals surface area contributed by atoms with Crippen LogP contribution in [0.5, 0.6) is 11.5 Å². The molecule has 9 heteroatoms. The fourth-order valence-corrected chi connectivity index (χ4v) is 4.61. The maximum Gasteiger partial charge on any atom is 0.400 e. The lowest BCUT2D eigenvalue weighted by molar-refractivity contribution is -0.225. The second-order valence-electron chi connectivity index (χ2n) is 8.69. The van der Waals surface area contributed by atoms with Crippen molar-refractivity contribution in [2.24, 2.45) is 17.8 Å². The quantitative estimate of drug-likeness (QED) is 0.206. The minimum atomic E-state index is -3.54. The van der Waals surface area contributed by atoms with Crippen LogP contribution in [-0.4, -0.2) is 18.8 Å². The summed E-state index contributed by atoms with van der Waals surface area (Å²) in [6.45, 7) is 4.43. The van der Waals surface area contributed by atoms with Gasteiger partial charge in [-0.1, -0.05) is 6.08 Å². The van der Waals surface area contributed by atoms with Crippen LogP contribution in [0.1, 0.15) is 51.4 Å². The Morgan fingerprint density at radius 3 is 2.39 bits per heavy atom. The Bertz CT molecular complexity index is 823. The fraction of sp³-hybridized carbons (Fsp3) is 0.583. The smallest absolute Gasteiger partial charge is 0.400 e. The summed E-state index contributed by atoms with van der Waals surface area (Å²) in [6, 6.07) is -0.0428. The summed E-state index contributed by atoms with van der Waals surface area (Å²) in [5.41, 5.74) is 0. The Labute approximate surface area is 189 Å². The molecule has 1 aliphatic heterocycles. The molecule has 2 atom stereocenters. The molecule has 2 unspecified atom stereocenters. The van der Waals surface area contributed by atoms with Crippen LogP contribution < -0.4 is 9.47 Å². The molecule has 33 heavy (non-hydrogen) atoms. The van der Waals surface area contributed by atoms with Crippen LogP contribution in [-0.2, 0) is 4.74 Å². The van der Waals surface area contributed by atoms with Crippen molar-refractivity contribution in [1.29, 1.82) is 0 Å². The first-order valence-corrected chi connectivity index (χ1v) is 11.2. The van der Waals surface area contributed by atoms with E-state index >= 15 is 0 Å². The normalized spacial score (nSPS) is 25.9.